The largest absolute Gasteiger partial charge is 0.379 e. The minimum absolute atomic E-state index is 0.635. The van der Waals surface area contributed by atoms with E-state index >= 15 is 0 Å². The van der Waals surface area contributed by atoms with Gasteiger partial charge in [-0.15, -0.1) is 0 Å². The molecule has 0 amide bonds. The van der Waals surface area contributed by atoms with Crippen molar-refractivity contribution >= 4 is 5.69 Å². The maximum atomic E-state index is 4.18. The Balaban J connectivity index is 1.96. The Labute approximate surface area is 115 Å². The molecule has 1 unspecified atom stereocenters. The van der Waals surface area contributed by atoms with Crippen molar-refractivity contribution in [3.63, 3.8) is 0 Å². The fourth-order valence-corrected chi connectivity index (χ4v) is 2.14. The van der Waals surface area contributed by atoms with Gasteiger partial charge in [-0.2, -0.15) is 0 Å². The SMILES string of the molecule is CCC(C)c1ccc(NCc2cncn2CC)cc1. The normalized spacial score (nSPS) is 12.4. The number of benzene rings is 1. The summed E-state index contributed by atoms with van der Waals surface area (Å²) in [4.78, 5) is 4.18. The van der Waals surface area contributed by atoms with Gasteiger partial charge in [0.15, 0.2) is 0 Å². The van der Waals surface area contributed by atoms with Gasteiger partial charge in [-0.25, -0.2) is 4.98 Å². The fraction of sp³-hybridized carbons (Fsp3) is 0.438. The number of hydrogen-bond donors (Lipinski definition) is 1. The van der Waals surface area contributed by atoms with Crippen molar-refractivity contribution in [2.24, 2.45) is 0 Å². The van der Waals surface area contributed by atoms with Gasteiger partial charge in [0.25, 0.3) is 0 Å². The number of imidazole rings is 1. The molecular weight excluding hydrogens is 234 g/mol. The zero-order chi connectivity index (χ0) is 13.7. The standard InChI is InChI=1S/C16H23N3/c1-4-13(3)14-6-8-15(9-7-14)18-11-16-10-17-12-19(16)5-2/h6-10,12-13,18H,4-5,11H2,1-3H3. The van der Waals surface area contributed by atoms with Crippen molar-refractivity contribution in [1.82, 2.24) is 9.55 Å². The lowest BCUT2D eigenvalue weighted by atomic mass is 9.99. The molecule has 1 aromatic heterocycles. The molecule has 1 atom stereocenters. The van der Waals surface area contributed by atoms with E-state index in [4.69, 9.17) is 0 Å². The molecule has 2 rings (SSSR count). The molecule has 1 aromatic carbocycles. The molecule has 102 valence electrons. The first kappa shape index (κ1) is 13.7. The van der Waals surface area contributed by atoms with Gasteiger partial charge in [0.2, 0.25) is 0 Å². The first-order valence-corrected chi connectivity index (χ1v) is 7.07. The first-order valence-electron chi connectivity index (χ1n) is 7.07. The third kappa shape index (κ3) is 3.37. The molecule has 0 radical (unpaired) electrons. The van der Waals surface area contributed by atoms with Crippen LogP contribution >= 0.6 is 0 Å². The summed E-state index contributed by atoms with van der Waals surface area (Å²) in [6, 6.07) is 8.75. The quantitative estimate of drug-likeness (QED) is 0.846. The molecule has 19 heavy (non-hydrogen) atoms. The van der Waals surface area contributed by atoms with Gasteiger partial charge >= 0.3 is 0 Å². The Bertz CT molecular complexity index is 499. The lowest BCUT2D eigenvalue weighted by molar-refractivity contribution is 0.719. The molecule has 1 N–H and O–H groups in total. The Kier molecular flexibility index (Phi) is 4.61. The summed E-state index contributed by atoms with van der Waals surface area (Å²) in [5.74, 6) is 0.635. The van der Waals surface area contributed by atoms with Crippen LogP contribution in [0.5, 0.6) is 0 Å². The van der Waals surface area contributed by atoms with E-state index in [2.05, 4.69) is 59.9 Å². The summed E-state index contributed by atoms with van der Waals surface area (Å²) in [7, 11) is 0. The molecule has 0 saturated carbocycles. The molecule has 0 aliphatic carbocycles. The van der Waals surface area contributed by atoms with Crippen molar-refractivity contribution < 1.29 is 0 Å². The topological polar surface area (TPSA) is 29.9 Å². The summed E-state index contributed by atoms with van der Waals surface area (Å²) >= 11 is 0. The van der Waals surface area contributed by atoms with E-state index in [9.17, 15) is 0 Å². The minimum atomic E-state index is 0.635. The van der Waals surface area contributed by atoms with Crippen molar-refractivity contribution in [2.45, 2.75) is 46.2 Å². The zero-order valence-electron chi connectivity index (χ0n) is 12.1. The van der Waals surface area contributed by atoms with Crippen LogP contribution in [-0.2, 0) is 13.1 Å². The van der Waals surface area contributed by atoms with Gasteiger partial charge in [-0.05, 0) is 37.0 Å². The molecule has 1 heterocycles. The van der Waals surface area contributed by atoms with Gasteiger partial charge in [0.05, 0.1) is 18.6 Å². The van der Waals surface area contributed by atoms with Crippen molar-refractivity contribution in [2.75, 3.05) is 5.32 Å². The minimum Gasteiger partial charge on any atom is -0.379 e. The number of aromatic nitrogens is 2. The van der Waals surface area contributed by atoms with Gasteiger partial charge < -0.3 is 9.88 Å². The van der Waals surface area contributed by atoms with E-state index in [0.717, 1.165) is 18.8 Å². The summed E-state index contributed by atoms with van der Waals surface area (Å²) in [6.07, 6.45) is 4.98. The summed E-state index contributed by atoms with van der Waals surface area (Å²) in [5.41, 5.74) is 3.79. The number of hydrogen-bond acceptors (Lipinski definition) is 2. The van der Waals surface area contributed by atoms with Crippen LogP contribution in [0.15, 0.2) is 36.8 Å². The molecule has 0 saturated heterocycles. The van der Waals surface area contributed by atoms with Crippen LogP contribution in [0.25, 0.3) is 0 Å². The summed E-state index contributed by atoms with van der Waals surface area (Å²) in [5, 5.41) is 3.45. The van der Waals surface area contributed by atoms with Crippen LogP contribution in [0.3, 0.4) is 0 Å². The Morgan fingerprint density at radius 2 is 1.95 bits per heavy atom. The highest BCUT2D eigenvalue weighted by atomic mass is 15.1. The van der Waals surface area contributed by atoms with Crippen LogP contribution < -0.4 is 5.32 Å². The molecular formula is C16H23N3. The Morgan fingerprint density at radius 3 is 2.58 bits per heavy atom. The maximum absolute atomic E-state index is 4.18. The van der Waals surface area contributed by atoms with Crippen molar-refractivity contribution in [3.8, 4) is 0 Å². The second kappa shape index (κ2) is 6.41. The van der Waals surface area contributed by atoms with Crippen molar-refractivity contribution in [3.05, 3.63) is 48.0 Å². The molecule has 0 aliphatic rings. The predicted molar refractivity (Wildman–Crippen MR) is 80.4 cm³/mol. The van der Waals surface area contributed by atoms with E-state index in [1.165, 1.54) is 17.7 Å². The zero-order valence-corrected chi connectivity index (χ0v) is 12.1. The van der Waals surface area contributed by atoms with E-state index in [1.54, 1.807) is 0 Å². The highest BCUT2D eigenvalue weighted by molar-refractivity contribution is 5.45. The molecule has 0 fully saturated rings. The van der Waals surface area contributed by atoms with E-state index in [0.29, 0.717) is 5.92 Å². The van der Waals surface area contributed by atoms with E-state index in [1.807, 2.05) is 12.5 Å². The third-order valence-electron chi connectivity index (χ3n) is 3.70. The number of nitrogens with zero attached hydrogens (tertiary/aromatic N) is 2. The lowest BCUT2D eigenvalue weighted by Crippen LogP contribution is -2.06. The van der Waals surface area contributed by atoms with Gasteiger partial charge in [0.1, 0.15) is 0 Å². The second-order valence-electron chi connectivity index (χ2n) is 4.96. The molecule has 3 nitrogen and oxygen atoms in total. The first-order chi connectivity index (χ1) is 9.24. The Hall–Kier alpha value is -1.77. The van der Waals surface area contributed by atoms with Crippen LogP contribution in [-0.4, -0.2) is 9.55 Å². The predicted octanol–water partition coefficient (Wildman–Crippen LogP) is 4.03. The van der Waals surface area contributed by atoms with Crippen LogP contribution in [0.4, 0.5) is 5.69 Å². The second-order valence-corrected chi connectivity index (χ2v) is 4.96. The smallest absolute Gasteiger partial charge is 0.0948 e. The monoisotopic (exact) mass is 257 g/mol. The number of rotatable bonds is 6. The van der Waals surface area contributed by atoms with Crippen LogP contribution in [0.1, 0.15) is 44.4 Å². The highest BCUT2D eigenvalue weighted by Gasteiger charge is 2.03. The van der Waals surface area contributed by atoms with Crippen LogP contribution in [0.2, 0.25) is 0 Å². The maximum Gasteiger partial charge on any atom is 0.0948 e. The molecule has 0 aliphatic heterocycles. The van der Waals surface area contributed by atoms with E-state index < -0.39 is 0 Å². The van der Waals surface area contributed by atoms with Gasteiger partial charge in [-0.3, -0.25) is 0 Å². The van der Waals surface area contributed by atoms with Gasteiger partial charge in [-0.1, -0.05) is 26.0 Å². The fourth-order valence-electron chi connectivity index (χ4n) is 2.14. The third-order valence-corrected chi connectivity index (χ3v) is 3.70. The number of aryl methyl sites for hydroxylation is 1. The molecule has 2 aromatic rings. The number of nitrogens with one attached hydrogen (secondary N) is 1. The summed E-state index contributed by atoms with van der Waals surface area (Å²) < 4.78 is 2.15. The van der Waals surface area contributed by atoms with Crippen molar-refractivity contribution in [1.29, 1.82) is 0 Å². The van der Waals surface area contributed by atoms with E-state index in [-0.39, 0.29) is 0 Å². The number of anilines is 1. The van der Waals surface area contributed by atoms with Crippen LogP contribution in [0, 0.1) is 0 Å². The lowest BCUT2D eigenvalue weighted by Gasteiger charge is -2.11. The summed E-state index contributed by atoms with van der Waals surface area (Å²) in [6.45, 7) is 8.40. The molecule has 3 heteroatoms. The van der Waals surface area contributed by atoms with Gasteiger partial charge in [0, 0.05) is 18.4 Å². The highest BCUT2D eigenvalue weighted by Crippen LogP contribution is 2.20. The molecule has 0 spiro atoms. The molecule has 0 bridgehead atoms. The average molecular weight is 257 g/mol. The average Bonchev–Trinajstić information content (AvgIpc) is 2.92. The Morgan fingerprint density at radius 1 is 1.21 bits per heavy atom.